The number of carbonyl (C=O) groups is 1. The van der Waals surface area contributed by atoms with Crippen molar-refractivity contribution in [1.29, 1.82) is 0 Å². The normalized spacial score (nSPS) is 10.3. The number of aromatic carboxylic acids is 1. The highest BCUT2D eigenvalue weighted by atomic mass is 19.1. The molecule has 9 heteroatoms. The summed E-state index contributed by atoms with van der Waals surface area (Å²) in [5, 5.41) is 22.9. The number of nitro benzene ring substituents is 1. The van der Waals surface area contributed by atoms with Crippen LogP contribution in [0.2, 0.25) is 0 Å². The summed E-state index contributed by atoms with van der Waals surface area (Å²) in [5.74, 6) is -2.35. The molecular formula is C12H8FN3O5. The number of halogens is 1. The fraction of sp³-hybridized carbons (Fsp3) is 0.0833. The molecule has 1 aromatic heterocycles. The van der Waals surface area contributed by atoms with Gasteiger partial charge in [-0.2, -0.15) is 9.49 Å². The van der Waals surface area contributed by atoms with Crippen LogP contribution >= 0.6 is 0 Å². The van der Waals surface area contributed by atoms with Gasteiger partial charge in [-0.1, -0.05) is 6.07 Å². The van der Waals surface area contributed by atoms with Crippen molar-refractivity contribution in [2.24, 2.45) is 0 Å². The summed E-state index contributed by atoms with van der Waals surface area (Å²) >= 11 is 0. The Labute approximate surface area is 116 Å². The van der Waals surface area contributed by atoms with Crippen LogP contribution in [0.5, 0.6) is 0 Å². The third-order valence-corrected chi connectivity index (χ3v) is 2.63. The zero-order chi connectivity index (χ0) is 15.6. The van der Waals surface area contributed by atoms with Gasteiger partial charge in [-0.05, 0) is 17.7 Å². The van der Waals surface area contributed by atoms with E-state index in [2.05, 4.69) is 5.10 Å². The van der Waals surface area contributed by atoms with E-state index in [1.54, 1.807) is 0 Å². The molecule has 2 rings (SSSR count). The van der Waals surface area contributed by atoms with Crippen LogP contribution in [0.4, 0.5) is 10.1 Å². The zero-order valence-electron chi connectivity index (χ0n) is 10.4. The van der Waals surface area contributed by atoms with Gasteiger partial charge in [0, 0.05) is 12.1 Å². The van der Waals surface area contributed by atoms with Crippen LogP contribution in [0.25, 0.3) is 0 Å². The van der Waals surface area contributed by atoms with Crippen molar-refractivity contribution in [2.45, 2.75) is 6.54 Å². The fourth-order valence-electron chi connectivity index (χ4n) is 1.65. The predicted molar refractivity (Wildman–Crippen MR) is 67.6 cm³/mol. The molecule has 1 N–H and O–H groups in total. The standard InChI is InChI=1S/C12H8FN3O5/c13-8-5-7(1-3-10(8)16(20)21)6-15-11(17)4-2-9(14-15)12(18)19/h1-5H,6H2,(H,18,19). The Morgan fingerprint density at radius 1 is 1.38 bits per heavy atom. The molecule has 0 saturated carbocycles. The molecule has 1 heterocycles. The molecule has 0 aliphatic rings. The zero-order valence-corrected chi connectivity index (χ0v) is 10.4. The lowest BCUT2D eigenvalue weighted by Crippen LogP contribution is -2.24. The van der Waals surface area contributed by atoms with Gasteiger partial charge in [0.15, 0.2) is 5.69 Å². The Kier molecular flexibility index (Phi) is 3.74. The molecule has 0 saturated heterocycles. The molecule has 0 amide bonds. The highest BCUT2D eigenvalue weighted by Gasteiger charge is 2.14. The van der Waals surface area contributed by atoms with E-state index in [4.69, 9.17) is 5.11 Å². The van der Waals surface area contributed by atoms with Crippen LogP contribution in [0.3, 0.4) is 0 Å². The maximum atomic E-state index is 13.5. The maximum absolute atomic E-state index is 13.5. The molecule has 1 aromatic carbocycles. The predicted octanol–water partition coefficient (Wildman–Crippen LogP) is 1.04. The topological polar surface area (TPSA) is 115 Å². The van der Waals surface area contributed by atoms with Crippen LogP contribution in [0.15, 0.2) is 35.1 Å². The van der Waals surface area contributed by atoms with E-state index < -0.39 is 28.0 Å². The molecule has 108 valence electrons. The minimum absolute atomic E-state index is 0.200. The second kappa shape index (κ2) is 5.49. The van der Waals surface area contributed by atoms with Gasteiger partial charge >= 0.3 is 11.7 Å². The average Bonchev–Trinajstić information content (AvgIpc) is 2.40. The third kappa shape index (κ3) is 3.08. The van der Waals surface area contributed by atoms with E-state index in [0.717, 1.165) is 28.9 Å². The van der Waals surface area contributed by atoms with Crippen molar-refractivity contribution in [1.82, 2.24) is 9.78 Å². The highest BCUT2D eigenvalue weighted by Crippen LogP contribution is 2.18. The van der Waals surface area contributed by atoms with Crippen LogP contribution in [0, 0.1) is 15.9 Å². The summed E-state index contributed by atoms with van der Waals surface area (Å²) in [7, 11) is 0. The highest BCUT2D eigenvalue weighted by molar-refractivity contribution is 5.84. The first kappa shape index (κ1) is 14.3. The molecule has 0 fully saturated rings. The molecule has 0 radical (unpaired) electrons. The molecule has 2 aromatic rings. The number of hydrogen-bond donors (Lipinski definition) is 1. The molecule has 0 aliphatic carbocycles. The van der Waals surface area contributed by atoms with E-state index in [-0.39, 0.29) is 17.8 Å². The average molecular weight is 293 g/mol. The van der Waals surface area contributed by atoms with Gasteiger partial charge < -0.3 is 5.11 Å². The fourth-order valence-corrected chi connectivity index (χ4v) is 1.65. The lowest BCUT2D eigenvalue weighted by molar-refractivity contribution is -0.387. The van der Waals surface area contributed by atoms with Crippen LogP contribution < -0.4 is 5.56 Å². The Hall–Kier alpha value is -3.10. The van der Waals surface area contributed by atoms with E-state index >= 15 is 0 Å². The Morgan fingerprint density at radius 3 is 2.67 bits per heavy atom. The minimum atomic E-state index is -1.31. The SMILES string of the molecule is O=C(O)c1ccc(=O)n(Cc2ccc([N+](=O)[O-])c(F)c2)n1. The quantitative estimate of drug-likeness (QED) is 0.665. The smallest absolute Gasteiger partial charge is 0.356 e. The number of aromatic nitrogens is 2. The van der Waals surface area contributed by atoms with Crippen molar-refractivity contribution < 1.29 is 19.2 Å². The van der Waals surface area contributed by atoms with Crippen molar-refractivity contribution in [2.75, 3.05) is 0 Å². The van der Waals surface area contributed by atoms with Gasteiger partial charge in [0.25, 0.3) is 5.56 Å². The largest absolute Gasteiger partial charge is 0.476 e. The van der Waals surface area contributed by atoms with E-state index in [1.807, 2.05) is 0 Å². The number of benzene rings is 1. The molecule has 8 nitrogen and oxygen atoms in total. The van der Waals surface area contributed by atoms with Crippen molar-refractivity contribution in [3.05, 3.63) is 67.9 Å². The maximum Gasteiger partial charge on any atom is 0.356 e. The number of carboxylic acid groups (broad SMARTS) is 1. The minimum Gasteiger partial charge on any atom is -0.476 e. The Bertz CT molecular complexity index is 787. The Morgan fingerprint density at radius 2 is 2.10 bits per heavy atom. The van der Waals surface area contributed by atoms with Crippen molar-refractivity contribution >= 4 is 11.7 Å². The van der Waals surface area contributed by atoms with Crippen LogP contribution in [-0.4, -0.2) is 25.8 Å². The second-order valence-corrected chi connectivity index (χ2v) is 4.06. The molecule has 21 heavy (non-hydrogen) atoms. The molecule has 0 unspecified atom stereocenters. The summed E-state index contributed by atoms with van der Waals surface area (Å²) in [6, 6.07) is 5.22. The van der Waals surface area contributed by atoms with Gasteiger partial charge in [0.2, 0.25) is 5.82 Å². The molecule has 0 aliphatic heterocycles. The third-order valence-electron chi connectivity index (χ3n) is 2.63. The van der Waals surface area contributed by atoms with Crippen molar-refractivity contribution in [3.63, 3.8) is 0 Å². The lowest BCUT2D eigenvalue weighted by atomic mass is 10.2. The van der Waals surface area contributed by atoms with Gasteiger partial charge in [-0.15, -0.1) is 0 Å². The second-order valence-electron chi connectivity index (χ2n) is 4.06. The molecular weight excluding hydrogens is 285 g/mol. The first-order valence-corrected chi connectivity index (χ1v) is 5.63. The van der Waals surface area contributed by atoms with Crippen LogP contribution in [0.1, 0.15) is 16.1 Å². The summed E-state index contributed by atoms with van der Waals surface area (Å²) in [5.41, 5.74) is -1.34. The molecule has 0 atom stereocenters. The summed E-state index contributed by atoms with van der Waals surface area (Å²) < 4.78 is 14.3. The summed E-state index contributed by atoms with van der Waals surface area (Å²) in [4.78, 5) is 32.0. The van der Waals surface area contributed by atoms with E-state index in [0.29, 0.717) is 0 Å². The van der Waals surface area contributed by atoms with E-state index in [9.17, 15) is 24.1 Å². The van der Waals surface area contributed by atoms with Gasteiger partial charge in [-0.25, -0.2) is 9.48 Å². The number of hydrogen-bond acceptors (Lipinski definition) is 5. The first-order valence-electron chi connectivity index (χ1n) is 5.63. The van der Waals surface area contributed by atoms with Gasteiger partial charge in [0.05, 0.1) is 11.5 Å². The van der Waals surface area contributed by atoms with Gasteiger partial charge in [-0.3, -0.25) is 14.9 Å². The molecule has 0 spiro atoms. The van der Waals surface area contributed by atoms with Gasteiger partial charge in [0.1, 0.15) is 0 Å². The van der Waals surface area contributed by atoms with Crippen molar-refractivity contribution in [3.8, 4) is 0 Å². The number of rotatable bonds is 4. The van der Waals surface area contributed by atoms with Crippen LogP contribution in [-0.2, 0) is 6.54 Å². The summed E-state index contributed by atoms with van der Waals surface area (Å²) in [6.07, 6.45) is 0. The number of nitro groups is 1. The monoisotopic (exact) mass is 293 g/mol. The number of nitrogens with zero attached hydrogens (tertiary/aromatic N) is 3. The first-order chi connectivity index (χ1) is 9.88. The number of carboxylic acids is 1. The molecule has 0 bridgehead atoms. The Balaban J connectivity index is 2.36. The van der Waals surface area contributed by atoms with E-state index in [1.165, 1.54) is 6.07 Å². The summed E-state index contributed by atoms with van der Waals surface area (Å²) in [6.45, 7) is -0.200. The lowest BCUT2D eigenvalue weighted by Gasteiger charge is -2.05.